The molecule has 0 aliphatic rings. The van der Waals surface area contributed by atoms with Gasteiger partial charge in [0.25, 0.3) is 0 Å². The predicted octanol–water partition coefficient (Wildman–Crippen LogP) is 2.65. The standard InChI is InChI=1S/C12H22N2O/c1-3-4-5-6-8-14-10-12(13-11-14)7-9-15-2/h10-11H,3-9H2,1-2H3. The molecule has 0 atom stereocenters. The molecule has 1 aromatic rings. The van der Waals surface area contributed by atoms with Crippen molar-refractivity contribution in [3.05, 3.63) is 18.2 Å². The number of methoxy groups -OCH3 is 1. The Hall–Kier alpha value is -0.830. The van der Waals surface area contributed by atoms with Crippen molar-refractivity contribution in [2.75, 3.05) is 13.7 Å². The van der Waals surface area contributed by atoms with E-state index >= 15 is 0 Å². The van der Waals surface area contributed by atoms with E-state index in [0.717, 1.165) is 25.3 Å². The summed E-state index contributed by atoms with van der Waals surface area (Å²) in [5, 5.41) is 0. The van der Waals surface area contributed by atoms with Gasteiger partial charge in [0.2, 0.25) is 0 Å². The van der Waals surface area contributed by atoms with Gasteiger partial charge in [-0.1, -0.05) is 26.2 Å². The maximum Gasteiger partial charge on any atom is 0.0949 e. The van der Waals surface area contributed by atoms with E-state index in [9.17, 15) is 0 Å². The van der Waals surface area contributed by atoms with Crippen molar-refractivity contribution in [3.8, 4) is 0 Å². The average molecular weight is 210 g/mol. The number of hydrogen-bond donors (Lipinski definition) is 0. The zero-order chi connectivity index (χ0) is 10.9. The first-order valence-electron chi connectivity index (χ1n) is 5.86. The molecule has 0 amide bonds. The third-order valence-corrected chi connectivity index (χ3v) is 2.52. The fourth-order valence-electron chi connectivity index (χ4n) is 1.59. The van der Waals surface area contributed by atoms with Gasteiger partial charge in [-0.2, -0.15) is 0 Å². The van der Waals surface area contributed by atoms with Gasteiger partial charge in [0.05, 0.1) is 18.6 Å². The van der Waals surface area contributed by atoms with E-state index in [4.69, 9.17) is 4.74 Å². The van der Waals surface area contributed by atoms with E-state index in [0.29, 0.717) is 0 Å². The van der Waals surface area contributed by atoms with Crippen LogP contribution in [0.2, 0.25) is 0 Å². The van der Waals surface area contributed by atoms with Crippen molar-refractivity contribution in [1.29, 1.82) is 0 Å². The van der Waals surface area contributed by atoms with E-state index in [1.807, 2.05) is 6.33 Å². The molecular weight excluding hydrogens is 188 g/mol. The number of imidazole rings is 1. The Morgan fingerprint density at radius 3 is 2.93 bits per heavy atom. The minimum atomic E-state index is 0.757. The lowest BCUT2D eigenvalue weighted by atomic mass is 10.2. The summed E-state index contributed by atoms with van der Waals surface area (Å²) in [6.45, 7) is 4.09. The molecule has 0 spiro atoms. The number of aryl methyl sites for hydroxylation is 1. The Balaban J connectivity index is 2.20. The second kappa shape index (κ2) is 7.46. The van der Waals surface area contributed by atoms with E-state index in [1.54, 1.807) is 7.11 Å². The Kier molecular flexibility index (Phi) is 6.09. The first kappa shape index (κ1) is 12.2. The van der Waals surface area contributed by atoms with Crippen LogP contribution in [0.15, 0.2) is 12.5 Å². The average Bonchev–Trinajstić information content (AvgIpc) is 2.69. The smallest absolute Gasteiger partial charge is 0.0949 e. The molecule has 0 aliphatic carbocycles. The molecule has 0 fully saturated rings. The Morgan fingerprint density at radius 2 is 2.20 bits per heavy atom. The van der Waals surface area contributed by atoms with Gasteiger partial charge < -0.3 is 9.30 Å². The molecule has 3 heteroatoms. The van der Waals surface area contributed by atoms with Gasteiger partial charge in [0, 0.05) is 26.3 Å². The van der Waals surface area contributed by atoms with Crippen LogP contribution >= 0.6 is 0 Å². The zero-order valence-electron chi connectivity index (χ0n) is 9.91. The Labute approximate surface area is 92.5 Å². The largest absolute Gasteiger partial charge is 0.384 e. The van der Waals surface area contributed by atoms with Crippen LogP contribution in [0, 0.1) is 0 Å². The second-order valence-corrected chi connectivity index (χ2v) is 3.91. The highest BCUT2D eigenvalue weighted by Crippen LogP contribution is 2.03. The molecule has 86 valence electrons. The van der Waals surface area contributed by atoms with Crippen LogP contribution in [0.5, 0.6) is 0 Å². The van der Waals surface area contributed by atoms with Crippen molar-refractivity contribution >= 4 is 0 Å². The summed E-state index contributed by atoms with van der Waals surface area (Å²) < 4.78 is 7.20. The van der Waals surface area contributed by atoms with Gasteiger partial charge in [0.15, 0.2) is 0 Å². The predicted molar refractivity (Wildman–Crippen MR) is 61.9 cm³/mol. The van der Waals surface area contributed by atoms with Crippen LogP contribution in [0.1, 0.15) is 38.3 Å². The minimum absolute atomic E-state index is 0.757. The van der Waals surface area contributed by atoms with Gasteiger partial charge in [-0.05, 0) is 6.42 Å². The highest BCUT2D eigenvalue weighted by molar-refractivity contribution is 4.96. The molecule has 3 nitrogen and oxygen atoms in total. The Morgan fingerprint density at radius 1 is 1.33 bits per heavy atom. The summed E-state index contributed by atoms with van der Waals surface area (Å²) in [5.41, 5.74) is 1.13. The molecule has 1 heterocycles. The molecule has 15 heavy (non-hydrogen) atoms. The highest BCUT2D eigenvalue weighted by Gasteiger charge is 1.98. The van der Waals surface area contributed by atoms with E-state index in [1.165, 1.54) is 25.7 Å². The van der Waals surface area contributed by atoms with E-state index in [2.05, 4.69) is 22.7 Å². The molecule has 0 aromatic carbocycles. The summed E-state index contributed by atoms with van der Waals surface area (Å²) >= 11 is 0. The number of ether oxygens (including phenoxy) is 1. The monoisotopic (exact) mass is 210 g/mol. The maximum absolute atomic E-state index is 5.02. The molecule has 1 aromatic heterocycles. The highest BCUT2D eigenvalue weighted by atomic mass is 16.5. The third kappa shape index (κ3) is 4.98. The first-order valence-corrected chi connectivity index (χ1v) is 5.86. The summed E-state index contributed by atoms with van der Waals surface area (Å²) in [5.74, 6) is 0. The summed E-state index contributed by atoms with van der Waals surface area (Å²) in [6, 6.07) is 0. The van der Waals surface area contributed by atoms with E-state index < -0.39 is 0 Å². The number of hydrogen-bond acceptors (Lipinski definition) is 2. The quantitative estimate of drug-likeness (QED) is 0.617. The molecule has 0 radical (unpaired) electrons. The molecule has 1 rings (SSSR count). The summed E-state index contributed by atoms with van der Waals surface area (Å²) in [6.07, 6.45) is 10.2. The zero-order valence-corrected chi connectivity index (χ0v) is 9.91. The van der Waals surface area contributed by atoms with Crippen LogP contribution in [0.4, 0.5) is 0 Å². The number of nitrogens with zero attached hydrogens (tertiary/aromatic N) is 2. The molecule has 0 aliphatic heterocycles. The molecule has 0 saturated carbocycles. The molecule has 0 saturated heterocycles. The van der Waals surface area contributed by atoms with Gasteiger partial charge in [0.1, 0.15) is 0 Å². The summed E-state index contributed by atoms with van der Waals surface area (Å²) in [4.78, 5) is 4.34. The number of unbranched alkanes of at least 4 members (excludes halogenated alkanes) is 3. The van der Waals surface area contributed by atoms with E-state index in [-0.39, 0.29) is 0 Å². The lowest BCUT2D eigenvalue weighted by Crippen LogP contribution is -1.96. The van der Waals surface area contributed by atoms with Crippen LogP contribution in [0.3, 0.4) is 0 Å². The third-order valence-electron chi connectivity index (χ3n) is 2.52. The van der Waals surface area contributed by atoms with Crippen molar-refractivity contribution in [1.82, 2.24) is 9.55 Å². The molecule has 0 unspecified atom stereocenters. The molecule has 0 bridgehead atoms. The van der Waals surface area contributed by atoms with Crippen LogP contribution in [-0.2, 0) is 17.7 Å². The van der Waals surface area contributed by atoms with Crippen molar-refractivity contribution in [2.45, 2.75) is 45.6 Å². The van der Waals surface area contributed by atoms with Crippen molar-refractivity contribution in [3.63, 3.8) is 0 Å². The molecule has 0 N–H and O–H groups in total. The lowest BCUT2D eigenvalue weighted by Gasteiger charge is -2.00. The normalized spacial score (nSPS) is 10.8. The SMILES string of the molecule is CCCCCCn1cnc(CCOC)c1. The summed E-state index contributed by atoms with van der Waals surface area (Å²) in [7, 11) is 1.72. The second-order valence-electron chi connectivity index (χ2n) is 3.91. The maximum atomic E-state index is 5.02. The topological polar surface area (TPSA) is 27.1 Å². The van der Waals surface area contributed by atoms with Crippen LogP contribution in [-0.4, -0.2) is 23.3 Å². The fraction of sp³-hybridized carbons (Fsp3) is 0.750. The van der Waals surface area contributed by atoms with Crippen molar-refractivity contribution < 1.29 is 4.74 Å². The van der Waals surface area contributed by atoms with Gasteiger partial charge in [-0.25, -0.2) is 4.98 Å². The lowest BCUT2D eigenvalue weighted by molar-refractivity contribution is 0.201. The number of rotatable bonds is 8. The van der Waals surface area contributed by atoms with Crippen LogP contribution < -0.4 is 0 Å². The van der Waals surface area contributed by atoms with Gasteiger partial charge in [-0.15, -0.1) is 0 Å². The minimum Gasteiger partial charge on any atom is -0.384 e. The van der Waals surface area contributed by atoms with Gasteiger partial charge in [-0.3, -0.25) is 0 Å². The first-order chi connectivity index (χ1) is 7.36. The van der Waals surface area contributed by atoms with Crippen molar-refractivity contribution in [2.24, 2.45) is 0 Å². The van der Waals surface area contributed by atoms with Crippen LogP contribution in [0.25, 0.3) is 0 Å². The molecular formula is C12H22N2O. The number of aromatic nitrogens is 2. The van der Waals surface area contributed by atoms with Gasteiger partial charge >= 0.3 is 0 Å². The fourth-order valence-corrected chi connectivity index (χ4v) is 1.59. The Bertz CT molecular complexity index is 258.